The van der Waals surface area contributed by atoms with E-state index in [1.54, 1.807) is 6.20 Å². The van der Waals surface area contributed by atoms with Crippen molar-refractivity contribution < 1.29 is 5.11 Å². The lowest BCUT2D eigenvalue weighted by Gasteiger charge is -2.17. The molecule has 0 spiro atoms. The van der Waals surface area contributed by atoms with Gasteiger partial charge in [-0.2, -0.15) is 0 Å². The molecule has 2 aromatic rings. The number of anilines is 1. The van der Waals surface area contributed by atoms with Gasteiger partial charge in [0.05, 0.1) is 16.2 Å². The van der Waals surface area contributed by atoms with E-state index >= 15 is 0 Å². The van der Waals surface area contributed by atoms with Gasteiger partial charge in [0.25, 0.3) is 0 Å². The van der Waals surface area contributed by atoms with Crippen molar-refractivity contribution in [3.63, 3.8) is 0 Å². The number of halogens is 1. The fourth-order valence-electron chi connectivity index (χ4n) is 1.67. The first-order valence-electron chi connectivity index (χ1n) is 5.66. The smallest absolute Gasteiger partial charge is 0.143 e. The molecule has 0 radical (unpaired) electrons. The third-order valence-electron chi connectivity index (χ3n) is 2.55. The van der Waals surface area contributed by atoms with Crippen molar-refractivity contribution in [3.05, 3.63) is 52.0 Å². The average molecular weight is 355 g/mol. The molecule has 0 saturated carbocycles. The van der Waals surface area contributed by atoms with Gasteiger partial charge in [-0.15, -0.1) is 0 Å². The molecule has 5 heteroatoms. The zero-order valence-corrected chi connectivity index (χ0v) is 11.9. The van der Waals surface area contributed by atoms with Gasteiger partial charge in [0, 0.05) is 6.20 Å². The Morgan fingerprint density at radius 1 is 1.28 bits per heavy atom. The number of aromatic nitrogens is 2. The molecule has 0 saturated heterocycles. The molecule has 1 aromatic heterocycles. The second-order valence-electron chi connectivity index (χ2n) is 3.93. The molecule has 1 unspecified atom stereocenters. The van der Waals surface area contributed by atoms with E-state index in [-0.39, 0.29) is 12.6 Å². The van der Waals surface area contributed by atoms with E-state index in [0.717, 1.165) is 15.8 Å². The molecule has 4 nitrogen and oxygen atoms in total. The minimum absolute atomic E-state index is 0.0455. The van der Waals surface area contributed by atoms with Crippen LogP contribution in [0.15, 0.2) is 42.9 Å². The highest BCUT2D eigenvalue weighted by Crippen LogP contribution is 2.15. The zero-order chi connectivity index (χ0) is 12.8. The summed E-state index contributed by atoms with van der Waals surface area (Å²) in [5.74, 6) is 0.764. The molecule has 1 heterocycles. The Morgan fingerprint density at radius 2 is 2.06 bits per heavy atom. The average Bonchev–Trinajstić information content (AvgIpc) is 2.41. The highest BCUT2D eigenvalue weighted by molar-refractivity contribution is 14.1. The number of hydrogen-bond donors (Lipinski definition) is 2. The fraction of sp³-hybridized carbons (Fsp3) is 0.231. The van der Waals surface area contributed by atoms with Crippen LogP contribution in [0.25, 0.3) is 0 Å². The summed E-state index contributed by atoms with van der Waals surface area (Å²) in [6.45, 7) is 0.0645. The molecule has 0 bridgehead atoms. The highest BCUT2D eigenvalue weighted by Gasteiger charge is 2.10. The number of nitrogens with zero attached hydrogens (tertiary/aromatic N) is 2. The first-order chi connectivity index (χ1) is 8.79. The van der Waals surface area contributed by atoms with Gasteiger partial charge in [0.15, 0.2) is 0 Å². The molecule has 0 fully saturated rings. The topological polar surface area (TPSA) is 58.0 Å². The van der Waals surface area contributed by atoms with Crippen molar-refractivity contribution in [1.29, 1.82) is 0 Å². The van der Waals surface area contributed by atoms with E-state index in [9.17, 15) is 5.11 Å². The normalized spacial score (nSPS) is 12.1. The Labute approximate surface area is 120 Å². The van der Waals surface area contributed by atoms with Crippen LogP contribution in [0, 0.1) is 3.57 Å². The highest BCUT2D eigenvalue weighted by atomic mass is 127. The summed E-state index contributed by atoms with van der Waals surface area (Å²) in [4.78, 5) is 8.11. The van der Waals surface area contributed by atoms with Crippen LogP contribution in [-0.2, 0) is 6.42 Å². The summed E-state index contributed by atoms with van der Waals surface area (Å²) in [6.07, 6.45) is 4.01. The largest absolute Gasteiger partial charge is 0.394 e. The van der Waals surface area contributed by atoms with Gasteiger partial charge in [0.2, 0.25) is 0 Å². The van der Waals surface area contributed by atoms with E-state index in [2.05, 4.69) is 50.0 Å². The van der Waals surface area contributed by atoms with Gasteiger partial charge in [-0.05, 0) is 34.6 Å². The van der Waals surface area contributed by atoms with Crippen molar-refractivity contribution in [2.24, 2.45) is 0 Å². The Balaban J connectivity index is 2.04. The quantitative estimate of drug-likeness (QED) is 0.807. The van der Waals surface area contributed by atoms with Crippen molar-refractivity contribution in [1.82, 2.24) is 9.97 Å². The fourth-order valence-corrected chi connectivity index (χ4v) is 2.13. The summed E-state index contributed by atoms with van der Waals surface area (Å²) in [6, 6.07) is 10.0. The van der Waals surface area contributed by atoms with Crippen LogP contribution >= 0.6 is 22.6 Å². The predicted octanol–water partition coefficient (Wildman–Crippen LogP) is 2.10. The summed E-state index contributed by atoms with van der Waals surface area (Å²) in [5, 5.41) is 12.7. The maximum Gasteiger partial charge on any atom is 0.143 e. The SMILES string of the molecule is OCC(Cc1ccccc1)Nc1ncncc1I. The first-order valence-corrected chi connectivity index (χ1v) is 6.74. The van der Waals surface area contributed by atoms with Crippen LogP contribution in [0.2, 0.25) is 0 Å². The van der Waals surface area contributed by atoms with Gasteiger partial charge in [-0.3, -0.25) is 0 Å². The van der Waals surface area contributed by atoms with E-state index in [4.69, 9.17) is 0 Å². The lowest BCUT2D eigenvalue weighted by molar-refractivity contribution is 0.273. The van der Waals surface area contributed by atoms with Crippen molar-refractivity contribution in [2.75, 3.05) is 11.9 Å². The number of aliphatic hydroxyl groups is 1. The van der Waals surface area contributed by atoms with Crippen molar-refractivity contribution >= 4 is 28.4 Å². The first kappa shape index (κ1) is 13.2. The van der Waals surface area contributed by atoms with Crippen molar-refractivity contribution in [2.45, 2.75) is 12.5 Å². The van der Waals surface area contributed by atoms with Gasteiger partial charge in [-0.25, -0.2) is 9.97 Å². The molecule has 0 aliphatic carbocycles. The van der Waals surface area contributed by atoms with Crippen LogP contribution in [0.1, 0.15) is 5.56 Å². The Kier molecular flexibility index (Phi) is 4.89. The summed E-state index contributed by atoms with van der Waals surface area (Å²) in [7, 11) is 0. The molecule has 2 N–H and O–H groups in total. The van der Waals surface area contributed by atoms with E-state index in [1.165, 1.54) is 11.9 Å². The van der Waals surface area contributed by atoms with Crippen LogP contribution in [0.5, 0.6) is 0 Å². The third-order valence-corrected chi connectivity index (χ3v) is 3.34. The Morgan fingerprint density at radius 3 is 2.72 bits per heavy atom. The summed E-state index contributed by atoms with van der Waals surface area (Å²) in [5.41, 5.74) is 1.19. The van der Waals surface area contributed by atoms with Gasteiger partial charge < -0.3 is 10.4 Å². The zero-order valence-electron chi connectivity index (χ0n) is 9.75. The van der Waals surface area contributed by atoms with Crippen LogP contribution in [0.3, 0.4) is 0 Å². The van der Waals surface area contributed by atoms with Crippen LogP contribution in [0.4, 0.5) is 5.82 Å². The number of nitrogens with one attached hydrogen (secondary N) is 1. The number of aliphatic hydroxyl groups excluding tert-OH is 1. The lowest BCUT2D eigenvalue weighted by atomic mass is 10.1. The lowest BCUT2D eigenvalue weighted by Crippen LogP contribution is -2.27. The number of benzene rings is 1. The Bertz CT molecular complexity index is 493. The number of hydrogen-bond acceptors (Lipinski definition) is 4. The molecular weight excluding hydrogens is 341 g/mol. The maximum atomic E-state index is 9.43. The second-order valence-corrected chi connectivity index (χ2v) is 5.10. The maximum absolute atomic E-state index is 9.43. The minimum Gasteiger partial charge on any atom is -0.394 e. The van der Waals surface area contributed by atoms with E-state index < -0.39 is 0 Å². The molecule has 0 amide bonds. The Hall–Kier alpha value is -1.21. The van der Waals surface area contributed by atoms with Gasteiger partial charge in [-0.1, -0.05) is 30.3 Å². The number of rotatable bonds is 5. The molecular formula is C13H14IN3O. The predicted molar refractivity (Wildman–Crippen MR) is 79.4 cm³/mol. The molecule has 18 heavy (non-hydrogen) atoms. The van der Waals surface area contributed by atoms with Crippen molar-refractivity contribution in [3.8, 4) is 0 Å². The molecule has 0 aliphatic rings. The van der Waals surface area contributed by atoms with E-state index in [0.29, 0.717) is 0 Å². The van der Waals surface area contributed by atoms with Crippen LogP contribution in [-0.4, -0.2) is 27.7 Å². The molecule has 2 rings (SSSR count). The molecule has 1 aromatic carbocycles. The molecule has 0 aliphatic heterocycles. The standard InChI is InChI=1S/C13H14IN3O/c14-12-7-15-9-16-13(12)17-11(8-18)6-10-4-2-1-3-5-10/h1-5,7,9,11,18H,6,8H2,(H,15,16,17). The minimum atomic E-state index is -0.0455. The third kappa shape index (κ3) is 3.64. The monoisotopic (exact) mass is 355 g/mol. The van der Waals surface area contributed by atoms with Crippen LogP contribution < -0.4 is 5.32 Å². The van der Waals surface area contributed by atoms with Gasteiger partial charge in [0.1, 0.15) is 12.1 Å². The van der Waals surface area contributed by atoms with E-state index in [1.807, 2.05) is 18.2 Å². The van der Waals surface area contributed by atoms with Gasteiger partial charge >= 0.3 is 0 Å². The molecule has 94 valence electrons. The summed E-state index contributed by atoms with van der Waals surface area (Å²) >= 11 is 2.17. The molecule has 1 atom stereocenters. The summed E-state index contributed by atoms with van der Waals surface area (Å²) < 4.78 is 0.946. The second kappa shape index (κ2) is 6.65.